The molecule has 3 amide bonds. The maximum Gasteiger partial charge on any atom is 0.329 e. The molecule has 7 heteroatoms. The molecule has 1 N–H and O–H groups in total. The van der Waals surface area contributed by atoms with Gasteiger partial charge >= 0.3 is 6.03 Å². The lowest BCUT2D eigenvalue weighted by Gasteiger charge is -2.12. The number of hydrogen-bond donors (Lipinski definition) is 1. The number of rotatable bonds is 5. The molecule has 0 radical (unpaired) electrons. The highest BCUT2D eigenvalue weighted by Gasteiger charge is 2.34. The van der Waals surface area contributed by atoms with E-state index < -0.39 is 17.8 Å². The first kappa shape index (κ1) is 17.5. The minimum atomic E-state index is -0.605. The number of halogens is 1. The third kappa shape index (κ3) is 3.23. The minimum absolute atomic E-state index is 0.0814. The normalized spacial score (nSPS) is 15.3. The summed E-state index contributed by atoms with van der Waals surface area (Å²) >= 11 is 0. The third-order valence-electron chi connectivity index (χ3n) is 3.98. The van der Waals surface area contributed by atoms with Crippen LogP contribution in [0.5, 0.6) is 11.5 Å². The smallest absolute Gasteiger partial charge is 0.329 e. The fourth-order valence-electron chi connectivity index (χ4n) is 2.69. The van der Waals surface area contributed by atoms with Crippen LogP contribution in [0.1, 0.15) is 11.1 Å². The van der Waals surface area contributed by atoms with E-state index in [1.807, 2.05) is 0 Å². The van der Waals surface area contributed by atoms with Gasteiger partial charge in [-0.15, -0.1) is 0 Å². The highest BCUT2D eigenvalue weighted by Crippen LogP contribution is 2.32. The Morgan fingerprint density at radius 2 is 1.85 bits per heavy atom. The van der Waals surface area contributed by atoms with Crippen molar-refractivity contribution in [2.24, 2.45) is 0 Å². The average molecular weight is 356 g/mol. The number of carbonyl (C=O) groups is 2. The molecule has 0 aromatic heterocycles. The average Bonchev–Trinajstić information content (AvgIpc) is 2.90. The Balaban J connectivity index is 1.90. The van der Waals surface area contributed by atoms with E-state index in [4.69, 9.17) is 9.47 Å². The van der Waals surface area contributed by atoms with Gasteiger partial charge in [-0.05, 0) is 18.2 Å². The Labute approximate surface area is 149 Å². The summed E-state index contributed by atoms with van der Waals surface area (Å²) in [6, 6.07) is 10.6. The number of urea groups is 1. The molecule has 0 spiro atoms. The Hall–Kier alpha value is -3.35. The van der Waals surface area contributed by atoms with Gasteiger partial charge in [0.2, 0.25) is 0 Å². The second-order valence-corrected chi connectivity index (χ2v) is 5.55. The van der Waals surface area contributed by atoms with Crippen LogP contribution < -0.4 is 14.8 Å². The number of hydrogen-bond acceptors (Lipinski definition) is 4. The number of carbonyl (C=O) groups excluding carboxylic acids is 2. The summed E-state index contributed by atoms with van der Waals surface area (Å²) < 4.78 is 24.4. The van der Waals surface area contributed by atoms with Gasteiger partial charge in [0, 0.05) is 11.1 Å². The monoisotopic (exact) mass is 356 g/mol. The van der Waals surface area contributed by atoms with E-state index in [2.05, 4.69) is 5.32 Å². The molecule has 0 aliphatic carbocycles. The Bertz CT molecular complexity index is 895. The molecule has 0 atom stereocenters. The fraction of sp³-hybridized carbons (Fsp3) is 0.158. The van der Waals surface area contributed by atoms with Crippen LogP contribution in [0.25, 0.3) is 6.08 Å². The van der Waals surface area contributed by atoms with Gasteiger partial charge in [-0.3, -0.25) is 9.69 Å². The van der Waals surface area contributed by atoms with E-state index in [1.54, 1.807) is 30.3 Å². The van der Waals surface area contributed by atoms with Crippen molar-refractivity contribution in [1.82, 2.24) is 10.2 Å². The molecule has 2 aromatic rings. The summed E-state index contributed by atoms with van der Waals surface area (Å²) in [7, 11) is 2.99. The molecule has 1 aliphatic rings. The molecule has 26 heavy (non-hydrogen) atoms. The van der Waals surface area contributed by atoms with Crippen molar-refractivity contribution >= 4 is 18.0 Å². The van der Waals surface area contributed by atoms with Gasteiger partial charge in [0.05, 0.1) is 20.8 Å². The lowest BCUT2D eigenvalue weighted by molar-refractivity contribution is -0.123. The van der Waals surface area contributed by atoms with Gasteiger partial charge in [-0.2, -0.15) is 0 Å². The van der Waals surface area contributed by atoms with Gasteiger partial charge in [0.1, 0.15) is 11.5 Å². The quantitative estimate of drug-likeness (QED) is 0.661. The van der Waals surface area contributed by atoms with Crippen LogP contribution in [0.3, 0.4) is 0 Å². The first-order valence-corrected chi connectivity index (χ1v) is 7.84. The van der Waals surface area contributed by atoms with Gasteiger partial charge in [-0.25, -0.2) is 9.18 Å². The Morgan fingerprint density at radius 3 is 2.54 bits per heavy atom. The van der Waals surface area contributed by atoms with Crippen LogP contribution in [0.2, 0.25) is 0 Å². The predicted molar refractivity (Wildman–Crippen MR) is 93.0 cm³/mol. The Morgan fingerprint density at radius 1 is 1.08 bits per heavy atom. The molecule has 1 saturated heterocycles. The van der Waals surface area contributed by atoms with Gasteiger partial charge in [-0.1, -0.05) is 30.3 Å². The standard InChI is InChI=1S/C19H17FN2O4/c1-25-16-9-5-7-12(17(16)26-2)10-15-18(23)22(19(24)21-15)11-13-6-3-4-8-14(13)20/h3-10H,11H2,1-2H3,(H,21,24). The second kappa shape index (κ2) is 7.26. The SMILES string of the molecule is COc1cccc(C=C2NC(=O)N(Cc3ccccc3F)C2=O)c1OC. The molecular formula is C19H17FN2O4. The van der Waals surface area contributed by atoms with Crippen molar-refractivity contribution in [2.75, 3.05) is 14.2 Å². The van der Waals surface area contributed by atoms with Crippen molar-refractivity contribution in [3.05, 3.63) is 65.1 Å². The molecule has 0 saturated carbocycles. The predicted octanol–water partition coefficient (Wildman–Crippen LogP) is 2.94. The molecule has 0 unspecified atom stereocenters. The molecule has 3 rings (SSSR count). The number of nitrogens with zero attached hydrogens (tertiary/aromatic N) is 1. The summed E-state index contributed by atoms with van der Waals surface area (Å²) in [4.78, 5) is 25.7. The first-order chi connectivity index (χ1) is 12.5. The maximum atomic E-state index is 13.8. The second-order valence-electron chi connectivity index (χ2n) is 5.55. The largest absolute Gasteiger partial charge is 0.493 e. The first-order valence-electron chi connectivity index (χ1n) is 7.84. The fourth-order valence-corrected chi connectivity index (χ4v) is 2.69. The maximum absolute atomic E-state index is 13.8. The van der Waals surface area contributed by atoms with E-state index in [1.165, 1.54) is 32.4 Å². The van der Waals surface area contributed by atoms with Crippen LogP contribution in [0.4, 0.5) is 9.18 Å². The lowest BCUT2D eigenvalue weighted by atomic mass is 10.1. The number of benzene rings is 2. The number of imide groups is 1. The van der Waals surface area contributed by atoms with E-state index >= 15 is 0 Å². The Kier molecular flexibility index (Phi) is 4.88. The van der Waals surface area contributed by atoms with Crippen LogP contribution in [0.15, 0.2) is 48.2 Å². The van der Waals surface area contributed by atoms with Crippen molar-refractivity contribution < 1.29 is 23.5 Å². The zero-order valence-electron chi connectivity index (χ0n) is 14.3. The molecule has 6 nitrogen and oxygen atoms in total. The van der Waals surface area contributed by atoms with Gasteiger partial charge in [0.15, 0.2) is 11.5 Å². The van der Waals surface area contributed by atoms with E-state index in [-0.39, 0.29) is 17.8 Å². The van der Waals surface area contributed by atoms with Crippen LogP contribution in [-0.2, 0) is 11.3 Å². The van der Waals surface area contributed by atoms with Crippen molar-refractivity contribution in [3.63, 3.8) is 0 Å². The molecule has 134 valence electrons. The van der Waals surface area contributed by atoms with E-state index in [9.17, 15) is 14.0 Å². The summed E-state index contributed by atoms with van der Waals surface area (Å²) in [5.74, 6) is -0.0675. The zero-order chi connectivity index (χ0) is 18.7. The molecule has 1 fully saturated rings. The number of para-hydroxylation sites is 1. The molecular weight excluding hydrogens is 339 g/mol. The zero-order valence-corrected chi connectivity index (χ0v) is 14.3. The van der Waals surface area contributed by atoms with E-state index in [0.29, 0.717) is 17.1 Å². The summed E-state index contributed by atoms with van der Waals surface area (Å²) in [6.45, 7) is -0.149. The topological polar surface area (TPSA) is 67.9 Å². The number of amides is 3. The summed E-state index contributed by atoms with van der Waals surface area (Å²) in [5, 5.41) is 2.51. The van der Waals surface area contributed by atoms with Crippen LogP contribution in [-0.4, -0.2) is 31.1 Å². The van der Waals surface area contributed by atoms with Crippen molar-refractivity contribution in [3.8, 4) is 11.5 Å². The van der Waals surface area contributed by atoms with E-state index in [0.717, 1.165) is 4.90 Å². The highest BCUT2D eigenvalue weighted by molar-refractivity contribution is 6.14. The molecule has 0 bridgehead atoms. The molecule has 1 aliphatic heterocycles. The third-order valence-corrected chi connectivity index (χ3v) is 3.98. The van der Waals surface area contributed by atoms with Crippen LogP contribution in [0, 0.1) is 5.82 Å². The summed E-state index contributed by atoms with van der Waals surface area (Å²) in [6.07, 6.45) is 1.50. The number of nitrogens with one attached hydrogen (secondary N) is 1. The number of methoxy groups -OCH3 is 2. The molecule has 1 heterocycles. The summed E-state index contributed by atoms with van der Waals surface area (Å²) in [5.41, 5.74) is 0.914. The molecule has 2 aromatic carbocycles. The lowest BCUT2D eigenvalue weighted by Crippen LogP contribution is -2.30. The van der Waals surface area contributed by atoms with Crippen molar-refractivity contribution in [2.45, 2.75) is 6.54 Å². The van der Waals surface area contributed by atoms with Crippen LogP contribution >= 0.6 is 0 Å². The highest BCUT2D eigenvalue weighted by atomic mass is 19.1. The number of ether oxygens (including phenoxy) is 2. The van der Waals surface area contributed by atoms with Gasteiger partial charge < -0.3 is 14.8 Å². The van der Waals surface area contributed by atoms with Crippen molar-refractivity contribution in [1.29, 1.82) is 0 Å². The minimum Gasteiger partial charge on any atom is -0.493 e. The van der Waals surface area contributed by atoms with Gasteiger partial charge in [0.25, 0.3) is 5.91 Å².